The smallest absolute Gasteiger partial charge is 0.135 e. The van der Waals surface area contributed by atoms with E-state index in [1.807, 2.05) is 19.1 Å². The second-order valence-corrected chi connectivity index (χ2v) is 5.68. The molecule has 0 aliphatic heterocycles. The number of hydrogen-bond acceptors (Lipinski definition) is 4. The first-order valence-corrected chi connectivity index (χ1v) is 7.05. The van der Waals surface area contributed by atoms with E-state index in [9.17, 15) is 5.26 Å². The van der Waals surface area contributed by atoms with Crippen LogP contribution in [0.3, 0.4) is 0 Å². The molecule has 0 aliphatic carbocycles. The third-order valence-electron chi connectivity index (χ3n) is 2.85. The zero-order valence-electron chi connectivity index (χ0n) is 10.5. The normalized spacial score (nSPS) is 11.8. The Labute approximate surface area is 124 Å². The van der Waals surface area contributed by atoms with E-state index < -0.39 is 0 Å². The van der Waals surface area contributed by atoms with Crippen molar-refractivity contribution in [3.63, 3.8) is 0 Å². The molecule has 0 amide bonds. The number of H-pyrrole nitrogens is 1. The highest BCUT2D eigenvalue weighted by Crippen LogP contribution is 2.29. The number of imidazole rings is 1. The average molecular weight is 301 g/mol. The second-order valence-electron chi connectivity index (χ2n) is 4.21. The van der Waals surface area contributed by atoms with Crippen LogP contribution in [0.1, 0.15) is 16.4 Å². The van der Waals surface area contributed by atoms with Gasteiger partial charge in [0.2, 0.25) is 0 Å². The fourth-order valence-corrected chi connectivity index (χ4v) is 2.89. The van der Waals surface area contributed by atoms with Crippen molar-refractivity contribution in [2.45, 2.75) is 6.92 Å². The summed E-state index contributed by atoms with van der Waals surface area (Å²) in [5, 5.41) is 10.6. The molecule has 0 saturated heterocycles. The van der Waals surface area contributed by atoms with Crippen LogP contribution in [0.15, 0.2) is 24.5 Å². The van der Waals surface area contributed by atoms with Gasteiger partial charge in [0.05, 0.1) is 27.8 Å². The number of nitrogens with zero attached hydrogens (tertiary/aromatic N) is 3. The summed E-state index contributed by atoms with van der Waals surface area (Å²) in [6, 6.07) is 7.71. The highest BCUT2D eigenvalue weighted by atomic mass is 35.5. The predicted molar refractivity (Wildman–Crippen MR) is 81.4 cm³/mol. The molecule has 0 atom stereocenters. The van der Waals surface area contributed by atoms with Crippen LogP contribution < -0.4 is 0 Å². The predicted octanol–water partition coefficient (Wildman–Crippen LogP) is 4.05. The summed E-state index contributed by atoms with van der Waals surface area (Å²) in [4.78, 5) is 11.6. The van der Waals surface area contributed by atoms with Crippen molar-refractivity contribution in [2.75, 3.05) is 0 Å². The minimum absolute atomic E-state index is 0.498. The molecule has 2 heterocycles. The van der Waals surface area contributed by atoms with E-state index in [-0.39, 0.29) is 0 Å². The Morgan fingerprint density at radius 2 is 2.35 bits per heavy atom. The van der Waals surface area contributed by atoms with E-state index in [0.717, 1.165) is 21.6 Å². The molecule has 0 spiro atoms. The van der Waals surface area contributed by atoms with Gasteiger partial charge in [0.25, 0.3) is 0 Å². The summed E-state index contributed by atoms with van der Waals surface area (Å²) in [6.07, 6.45) is 3.35. The van der Waals surface area contributed by atoms with Crippen LogP contribution in [-0.4, -0.2) is 15.0 Å². The SMILES string of the molecule is Cc1[nH]cnc1/C=C(/C#N)c1nc2cc(Cl)ccc2s1. The van der Waals surface area contributed by atoms with Crippen LogP contribution in [0.2, 0.25) is 5.02 Å². The van der Waals surface area contributed by atoms with Crippen LogP contribution in [0.5, 0.6) is 0 Å². The summed E-state index contributed by atoms with van der Waals surface area (Å²) in [7, 11) is 0. The molecule has 0 unspecified atom stereocenters. The van der Waals surface area contributed by atoms with Crippen LogP contribution in [0.4, 0.5) is 0 Å². The Morgan fingerprint density at radius 1 is 1.50 bits per heavy atom. The minimum atomic E-state index is 0.498. The van der Waals surface area contributed by atoms with Gasteiger partial charge < -0.3 is 4.98 Å². The number of aromatic amines is 1. The van der Waals surface area contributed by atoms with Gasteiger partial charge in [0.15, 0.2) is 0 Å². The van der Waals surface area contributed by atoms with Gasteiger partial charge in [-0.3, -0.25) is 0 Å². The van der Waals surface area contributed by atoms with E-state index in [2.05, 4.69) is 21.0 Å². The largest absolute Gasteiger partial charge is 0.348 e. The molecule has 0 aliphatic rings. The maximum absolute atomic E-state index is 9.33. The molecule has 0 saturated carbocycles. The Bertz CT molecular complexity index is 854. The number of thiazole rings is 1. The number of hydrogen-bond donors (Lipinski definition) is 1. The number of nitrogens with one attached hydrogen (secondary N) is 1. The van der Waals surface area contributed by atoms with E-state index >= 15 is 0 Å². The lowest BCUT2D eigenvalue weighted by molar-refractivity contribution is 1.25. The highest BCUT2D eigenvalue weighted by molar-refractivity contribution is 7.19. The minimum Gasteiger partial charge on any atom is -0.348 e. The molecule has 6 heteroatoms. The quantitative estimate of drug-likeness (QED) is 0.726. The molecule has 4 nitrogen and oxygen atoms in total. The second kappa shape index (κ2) is 5.08. The molecular formula is C14H9ClN4S. The molecule has 0 fully saturated rings. The molecule has 98 valence electrons. The summed E-state index contributed by atoms with van der Waals surface area (Å²) in [5.74, 6) is 0. The van der Waals surface area contributed by atoms with Crippen molar-refractivity contribution in [1.29, 1.82) is 5.26 Å². The molecule has 3 aromatic rings. The number of aromatic nitrogens is 3. The lowest BCUT2D eigenvalue weighted by Gasteiger charge is -1.92. The average Bonchev–Trinajstić information content (AvgIpc) is 3.01. The fourth-order valence-electron chi connectivity index (χ4n) is 1.81. The Hall–Kier alpha value is -2.16. The van der Waals surface area contributed by atoms with Crippen LogP contribution in [-0.2, 0) is 0 Å². The maximum Gasteiger partial charge on any atom is 0.135 e. The standard InChI is InChI=1S/C14H9ClN4S/c1-8-11(18-7-17-8)4-9(6-16)14-19-12-5-10(15)2-3-13(12)20-14/h2-5,7H,1H3,(H,17,18)/b9-4-. The van der Waals surface area contributed by atoms with Crippen LogP contribution in [0, 0.1) is 18.3 Å². The van der Waals surface area contributed by atoms with Crippen LogP contribution >= 0.6 is 22.9 Å². The lowest BCUT2D eigenvalue weighted by Crippen LogP contribution is -1.82. The van der Waals surface area contributed by atoms with Gasteiger partial charge in [0, 0.05) is 10.7 Å². The van der Waals surface area contributed by atoms with Crippen molar-refractivity contribution in [1.82, 2.24) is 15.0 Å². The number of allylic oxidation sites excluding steroid dienone is 1. The molecule has 1 aromatic carbocycles. The Balaban J connectivity index is 2.10. The van der Waals surface area contributed by atoms with Crippen LogP contribution in [0.25, 0.3) is 21.9 Å². The van der Waals surface area contributed by atoms with Crippen molar-refractivity contribution in [3.05, 3.63) is 45.9 Å². The summed E-state index contributed by atoms with van der Waals surface area (Å²) >= 11 is 7.42. The van der Waals surface area contributed by atoms with Crippen molar-refractivity contribution >= 4 is 44.8 Å². The number of rotatable bonds is 2. The molecular weight excluding hydrogens is 292 g/mol. The molecule has 2 aromatic heterocycles. The monoisotopic (exact) mass is 300 g/mol. The number of nitriles is 1. The van der Waals surface area contributed by atoms with Gasteiger partial charge in [-0.2, -0.15) is 5.26 Å². The molecule has 3 rings (SSSR count). The Kier molecular flexibility index (Phi) is 3.26. The lowest BCUT2D eigenvalue weighted by atomic mass is 10.2. The number of benzene rings is 1. The van der Waals surface area contributed by atoms with Gasteiger partial charge in [-0.15, -0.1) is 11.3 Å². The zero-order chi connectivity index (χ0) is 14.1. The fraction of sp³-hybridized carbons (Fsp3) is 0.0714. The van der Waals surface area contributed by atoms with Crippen molar-refractivity contribution in [3.8, 4) is 6.07 Å². The molecule has 20 heavy (non-hydrogen) atoms. The van der Waals surface area contributed by atoms with Gasteiger partial charge in [-0.05, 0) is 31.2 Å². The first-order chi connectivity index (χ1) is 9.67. The molecule has 0 radical (unpaired) electrons. The topological polar surface area (TPSA) is 65.4 Å². The summed E-state index contributed by atoms with van der Waals surface area (Å²) in [6.45, 7) is 1.91. The van der Waals surface area contributed by atoms with Gasteiger partial charge >= 0.3 is 0 Å². The van der Waals surface area contributed by atoms with E-state index in [1.54, 1.807) is 18.5 Å². The number of fused-ring (bicyclic) bond motifs is 1. The van der Waals surface area contributed by atoms with E-state index in [4.69, 9.17) is 11.6 Å². The Morgan fingerprint density at radius 3 is 3.05 bits per heavy atom. The van der Waals surface area contributed by atoms with E-state index in [0.29, 0.717) is 15.6 Å². The van der Waals surface area contributed by atoms with Crippen molar-refractivity contribution in [2.24, 2.45) is 0 Å². The third-order valence-corrected chi connectivity index (χ3v) is 4.16. The molecule has 0 bridgehead atoms. The summed E-state index contributed by atoms with van der Waals surface area (Å²) in [5.41, 5.74) is 2.97. The van der Waals surface area contributed by atoms with Gasteiger partial charge in [-0.1, -0.05) is 11.6 Å². The number of aryl methyl sites for hydroxylation is 1. The maximum atomic E-state index is 9.33. The highest BCUT2D eigenvalue weighted by Gasteiger charge is 2.10. The zero-order valence-corrected chi connectivity index (χ0v) is 12.1. The summed E-state index contributed by atoms with van der Waals surface area (Å²) < 4.78 is 1.00. The van der Waals surface area contributed by atoms with Gasteiger partial charge in [-0.25, -0.2) is 9.97 Å². The first-order valence-electron chi connectivity index (χ1n) is 5.85. The molecule has 1 N–H and O–H groups in total. The third kappa shape index (κ3) is 2.31. The van der Waals surface area contributed by atoms with Crippen molar-refractivity contribution < 1.29 is 0 Å². The first kappa shape index (κ1) is 12.9. The van der Waals surface area contributed by atoms with Gasteiger partial charge in [0.1, 0.15) is 11.1 Å². The van der Waals surface area contributed by atoms with E-state index in [1.165, 1.54) is 11.3 Å². The number of halogens is 1.